The first kappa shape index (κ1) is 130. The normalized spacial score (nSPS) is 22.7. The Balaban J connectivity index is 0.000000506. The topological polar surface area (TPSA) is 74.9 Å². The fourth-order valence-corrected chi connectivity index (χ4v) is 22.0. The summed E-state index contributed by atoms with van der Waals surface area (Å²) < 4.78 is 5.35. The zero-order valence-electron chi connectivity index (χ0n) is 99.7. The summed E-state index contributed by atoms with van der Waals surface area (Å²) in [4.78, 5) is 50.1. The molecule has 135 heavy (non-hydrogen) atoms. The van der Waals surface area contributed by atoms with Crippen molar-refractivity contribution in [2.75, 3.05) is 203 Å². The molecule has 0 aromatic heterocycles. The van der Waals surface area contributed by atoms with Crippen LogP contribution in [0.3, 0.4) is 0 Å². The number of nitrogens with zero attached hydrogens (tertiary/aromatic N) is 15. The van der Waals surface area contributed by atoms with Gasteiger partial charge in [-0.15, -0.1) is 0 Å². The average molecular weight is 1910 g/mol. The first-order valence-electron chi connectivity index (χ1n) is 58.2. The number of carbonyl (C=O) groups excluding carboxylic acids is 1. The molecule has 12 aliphatic rings. The van der Waals surface area contributed by atoms with Crippen molar-refractivity contribution in [3.8, 4) is 0 Å². The molecule has 17 heteroatoms. The van der Waals surface area contributed by atoms with Crippen molar-refractivity contribution in [3.05, 3.63) is 0 Å². The summed E-state index contributed by atoms with van der Waals surface area (Å²) in [6.07, 6.45) is 17.8. The van der Waals surface area contributed by atoms with E-state index in [2.05, 4.69) is 373 Å². The third-order valence-electron chi connectivity index (χ3n) is 32.7. The maximum absolute atomic E-state index is 11.8. The second-order valence-corrected chi connectivity index (χ2v) is 52.0. The Morgan fingerprint density at radius 2 is 0.548 bits per heavy atom. The number of hydrogen-bond acceptors (Lipinski definition) is 16. The Morgan fingerprint density at radius 3 is 0.822 bits per heavy atom. The summed E-state index contributed by atoms with van der Waals surface area (Å²) in [5.41, 5.74) is 1.35. The molecule has 0 aliphatic carbocycles. The molecule has 12 rings (SSSR count). The third-order valence-corrected chi connectivity index (χ3v) is 32.7. The molecule has 1 atom stereocenters. The van der Waals surface area contributed by atoms with Crippen LogP contribution >= 0.6 is 0 Å². The van der Waals surface area contributed by atoms with Crippen LogP contribution in [0.15, 0.2) is 0 Å². The zero-order chi connectivity index (χ0) is 103. The predicted octanol–water partition coefficient (Wildman–Crippen LogP) is 23.9. The SMILES string of the molecule is CC(C)C1CCN(C(C)C)C1.CC(C)C1CCN(C(C)C)CC1.CC(C)C1CN(C(C)C)C1.CC(C)CC(=O)N1CCN(C(C)C)CC1.CC(C)CC(C)C.CC(C)CC1CCN(C(C)C)CC1.CC(C)CCOC(C)C.CC(C)N1CC2(C1)CN(C(C)C)C2.CC(C)N1CCC(N2CCN(C(C)C)CC2)CC1.CC(C)N1CCC2(CCN(C(C)C)C2)C1.CC(C)N1CCN(C(C)C)CC1. The van der Waals surface area contributed by atoms with Gasteiger partial charge in [-0.05, 0) is 406 Å². The van der Waals surface area contributed by atoms with Gasteiger partial charge in [-0.25, -0.2) is 0 Å². The molecule has 0 saturated carbocycles. The lowest BCUT2D eigenvalue weighted by Gasteiger charge is -2.62. The third kappa shape index (κ3) is 52.7. The lowest BCUT2D eigenvalue weighted by Crippen LogP contribution is -2.73. The van der Waals surface area contributed by atoms with E-state index in [1.54, 1.807) is 0 Å². The highest BCUT2D eigenvalue weighted by molar-refractivity contribution is 5.76. The van der Waals surface area contributed by atoms with E-state index in [1.165, 1.54) is 247 Å². The van der Waals surface area contributed by atoms with E-state index in [-0.39, 0.29) is 0 Å². The number of piperidine rings is 3. The van der Waals surface area contributed by atoms with E-state index in [0.717, 1.165) is 176 Å². The van der Waals surface area contributed by atoms with Gasteiger partial charge < -0.3 is 43.9 Å². The Bertz CT molecular complexity index is 2640. The molecule has 806 valence electrons. The van der Waals surface area contributed by atoms with Gasteiger partial charge in [0.05, 0.1) is 6.10 Å². The van der Waals surface area contributed by atoms with Crippen molar-refractivity contribution in [3.63, 3.8) is 0 Å². The number of ether oxygens (including phenoxy) is 1. The highest BCUT2D eigenvalue weighted by Crippen LogP contribution is 2.43. The molecule has 12 fully saturated rings. The smallest absolute Gasteiger partial charge is 0.222 e. The monoisotopic (exact) mass is 1910 g/mol. The van der Waals surface area contributed by atoms with Crippen LogP contribution in [0.25, 0.3) is 0 Å². The van der Waals surface area contributed by atoms with E-state index in [0.29, 0.717) is 41.2 Å². The number of carbonyl (C=O) groups is 1. The van der Waals surface area contributed by atoms with Crippen molar-refractivity contribution in [1.82, 2.24) is 73.5 Å². The molecule has 1 amide bonds. The van der Waals surface area contributed by atoms with E-state index < -0.39 is 0 Å². The number of rotatable bonds is 27. The van der Waals surface area contributed by atoms with Gasteiger partial charge in [-0.1, -0.05) is 111 Å². The number of hydrogen-bond donors (Lipinski definition) is 0. The number of piperazine rings is 3. The van der Waals surface area contributed by atoms with Crippen molar-refractivity contribution >= 4 is 5.91 Å². The fourth-order valence-electron chi connectivity index (χ4n) is 22.0. The van der Waals surface area contributed by atoms with Gasteiger partial charge in [0, 0.05) is 240 Å². The Morgan fingerprint density at radius 1 is 0.259 bits per heavy atom. The van der Waals surface area contributed by atoms with Crippen molar-refractivity contribution in [1.29, 1.82) is 0 Å². The molecular weight excluding hydrogens is 1660 g/mol. The minimum absolute atomic E-state index is 0.327. The Kier molecular flexibility index (Phi) is 65.1. The molecular formula is C118H247N15O2. The first-order chi connectivity index (χ1) is 62.9. The average Bonchev–Trinajstić information content (AvgIpc) is 1.60. The maximum Gasteiger partial charge on any atom is 0.222 e. The largest absolute Gasteiger partial charge is 0.379 e. The lowest BCUT2D eigenvalue weighted by molar-refractivity contribution is -0.135. The molecule has 1 unspecified atom stereocenters. The van der Waals surface area contributed by atoms with E-state index >= 15 is 0 Å². The van der Waals surface area contributed by atoms with E-state index in [4.69, 9.17) is 4.74 Å². The van der Waals surface area contributed by atoms with Crippen LogP contribution in [0.5, 0.6) is 0 Å². The Labute approximate surface area is 847 Å². The molecule has 12 saturated heterocycles. The highest BCUT2D eigenvalue weighted by atomic mass is 16.5. The summed E-state index contributed by atoms with van der Waals surface area (Å²) in [5, 5.41) is 0. The first-order valence-corrected chi connectivity index (χ1v) is 58.2. The van der Waals surface area contributed by atoms with Crippen LogP contribution in [0.2, 0.25) is 0 Å². The predicted molar refractivity (Wildman–Crippen MR) is 598 cm³/mol. The van der Waals surface area contributed by atoms with Crippen LogP contribution < -0.4 is 0 Å². The summed E-state index contributed by atoms with van der Waals surface area (Å²) in [7, 11) is 0. The molecule has 0 bridgehead atoms. The molecule has 0 aromatic carbocycles. The molecule has 0 radical (unpaired) electrons. The number of amides is 1. The van der Waals surface area contributed by atoms with Crippen LogP contribution in [0, 0.1) is 81.8 Å². The molecule has 12 heterocycles. The minimum Gasteiger partial charge on any atom is -0.379 e. The summed E-state index contributed by atoms with van der Waals surface area (Å²) in [5.74, 6) is 10.8. The van der Waals surface area contributed by atoms with Crippen LogP contribution in [-0.2, 0) is 9.53 Å². The molecule has 0 N–H and O–H groups in total. The molecule has 12 aliphatic heterocycles. The van der Waals surface area contributed by atoms with Crippen LogP contribution in [-0.4, -0.2) is 373 Å². The van der Waals surface area contributed by atoms with E-state index in [9.17, 15) is 4.79 Å². The highest BCUT2D eigenvalue weighted by Gasteiger charge is 2.52. The van der Waals surface area contributed by atoms with E-state index in [1.807, 2.05) is 4.90 Å². The Hall–Kier alpha value is -1.13. The van der Waals surface area contributed by atoms with Gasteiger partial charge in [0.1, 0.15) is 0 Å². The molecule has 17 nitrogen and oxygen atoms in total. The second kappa shape index (κ2) is 67.6. The quantitative estimate of drug-likeness (QED) is 0.0783. The molecule has 0 aromatic rings. The lowest BCUT2D eigenvalue weighted by atomic mass is 9.72. The summed E-state index contributed by atoms with van der Waals surface area (Å²) in [6.45, 7) is 139. The summed E-state index contributed by atoms with van der Waals surface area (Å²) in [6, 6.07) is 10.3. The van der Waals surface area contributed by atoms with Gasteiger partial charge in [-0.3, -0.25) is 39.1 Å². The van der Waals surface area contributed by atoms with Gasteiger partial charge in [-0.2, -0.15) is 0 Å². The standard InChI is InChI=1S/C15H31N3.C13H26N2.C12H24N2O.C12H25N.C11H22N2.C11H23N.C10H22N2.C10H21N.C9H19N.C8H18O.C7H16/c1-13(2)16-7-5-15(6-8-16)18-11-9-17(10-12-18)14(3)4;1-11(2)14-7-5-13(9-14)6-8-15(10-13)12(3)4;1-10(2)9-12(15)14-7-5-13(6-8-14)11(3)4;1-10(2)9-12-5-7-13(8-6-12)11(3)4;1-9(2)12-5-11(6-12)7-13(8-11)10(3)4;2*1-9(2)11-5-7-12(8-6-11)10(3)4;1-8(2)10-5-6-11(7-10)9(3)4;1-7(2)9-5-10(6-9)8(3)4;1-7(2)5-6-9-8(3)4;1-6(2)5-7(3)4/h13-15H,5-12H2,1-4H3;11-12H,5-10H2,1-4H3;10-11H,5-9H2,1-4H3;10-12H,5-9H2,1-4H3;9-10H,5-8H2,1-4H3;9-11H,5-8H2,1-4H3;9-10H,5-8H2,1-4H3;8-10H,5-7H2,1-4H3;7-9H,5-6H2,1-4H3;7-8H,5-6H2,1-4H3;6-7H,5H2,1-4H3. The van der Waals surface area contributed by atoms with Gasteiger partial charge >= 0.3 is 0 Å². The zero-order valence-corrected chi connectivity index (χ0v) is 99.7. The van der Waals surface area contributed by atoms with Crippen molar-refractivity contribution in [2.45, 2.75) is 479 Å². The van der Waals surface area contributed by atoms with Crippen molar-refractivity contribution < 1.29 is 9.53 Å². The van der Waals surface area contributed by atoms with Gasteiger partial charge in [0.15, 0.2) is 0 Å². The number of likely N-dealkylation sites (tertiary alicyclic amines) is 9. The van der Waals surface area contributed by atoms with Crippen LogP contribution in [0.1, 0.15) is 388 Å². The second-order valence-electron chi connectivity index (χ2n) is 52.0. The summed E-state index contributed by atoms with van der Waals surface area (Å²) >= 11 is 0. The minimum atomic E-state index is 0.327. The van der Waals surface area contributed by atoms with Gasteiger partial charge in [0.25, 0.3) is 0 Å². The molecule has 2 spiro atoms. The van der Waals surface area contributed by atoms with Crippen LogP contribution in [0.4, 0.5) is 0 Å². The van der Waals surface area contributed by atoms with Crippen molar-refractivity contribution in [2.24, 2.45) is 81.8 Å². The maximum atomic E-state index is 11.8. The fraction of sp³-hybridized carbons (Fsp3) is 0.992. The van der Waals surface area contributed by atoms with Gasteiger partial charge in [0.2, 0.25) is 5.91 Å².